The van der Waals surface area contributed by atoms with Crippen LogP contribution in [0.15, 0.2) is 17.5 Å². The number of sulfone groups is 1. The van der Waals surface area contributed by atoms with Crippen molar-refractivity contribution in [2.24, 2.45) is 5.92 Å². The molecule has 0 saturated carbocycles. The van der Waals surface area contributed by atoms with E-state index in [4.69, 9.17) is 0 Å². The Morgan fingerprint density at radius 3 is 2.95 bits per heavy atom. The zero-order valence-electron chi connectivity index (χ0n) is 13.1. The standard InChI is InChI=1S/C15H24N2O3S2/c1-12(22(2,19)20)15(18)16-9-13-5-3-7-17(10-13)11-14-6-4-8-21-14/h4,6,8,12-13H,3,5,7,9-11H2,1-2H3,(H,16,18)/t12-,13+/m0/s1. The molecule has 124 valence electrons. The van der Waals surface area contributed by atoms with Crippen LogP contribution in [0.3, 0.4) is 0 Å². The van der Waals surface area contributed by atoms with Crippen LogP contribution in [0.4, 0.5) is 0 Å². The summed E-state index contributed by atoms with van der Waals surface area (Å²) in [5.74, 6) is 0.00213. The Morgan fingerprint density at radius 1 is 1.55 bits per heavy atom. The summed E-state index contributed by atoms with van der Waals surface area (Å²) in [5, 5.41) is 3.91. The Labute approximate surface area is 136 Å². The summed E-state index contributed by atoms with van der Waals surface area (Å²) in [6.45, 7) is 4.99. The molecule has 1 aliphatic rings. The number of amides is 1. The summed E-state index contributed by atoms with van der Waals surface area (Å²) in [6.07, 6.45) is 3.29. The lowest BCUT2D eigenvalue weighted by Gasteiger charge is -2.32. The third kappa shape index (κ3) is 5.07. The van der Waals surface area contributed by atoms with E-state index in [9.17, 15) is 13.2 Å². The van der Waals surface area contributed by atoms with Gasteiger partial charge in [0, 0.05) is 30.8 Å². The highest BCUT2D eigenvalue weighted by Crippen LogP contribution is 2.20. The van der Waals surface area contributed by atoms with Crippen LogP contribution in [0.2, 0.25) is 0 Å². The number of likely N-dealkylation sites (tertiary alicyclic amines) is 1. The van der Waals surface area contributed by atoms with Crippen molar-refractivity contribution in [1.29, 1.82) is 0 Å². The second-order valence-electron chi connectivity index (χ2n) is 6.04. The van der Waals surface area contributed by atoms with E-state index in [1.54, 1.807) is 11.3 Å². The van der Waals surface area contributed by atoms with Gasteiger partial charge in [-0.05, 0) is 43.7 Å². The molecule has 1 aromatic rings. The number of nitrogens with one attached hydrogen (secondary N) is 1. The second-order valence-corrected chi connectivity index (χ2v) is 9.44. The summed E-state index contributed by atoms with van der Waals surface area (Å²) in [6, 6.07) is 4.21. The first kappa shape index (κ1) is 17.4. The van der Waals surface area contributed by atoms with Crippen LogP contribution in [0.1, 0.15) is 24.6 Å². The van der Waals surface area contributed by atoms with Crippen LogP contribution in [0.25, 0.3) is 0 Å². The predicted octanol–water partition coefficient (Wildman–Crippen LogP) is 1.51. The van der Waals surface area contributed by atoms with E-state index in [2.05, 4.69) is 27.7 Å². The van der Waals surface area contributed by atoms with E-state index in [0.29, 0.717) is 12.5 Å². The molecule has 2 atom stereocenters. The number of hydrogen-bond donors (Lipinski definition) is 1. The van der Waals surface area contributed by atoms with Crippen LogP contribution >= 0.6 is 11.3 Å². The van der Waals surface area contributed by atoms with E-state index in [1.807, 2.05) is 0 Å². The van der Waals surface area contributed by atoms with Gasteiger partial charge in [0.25, 0.3) is 0 Å². The molecule has 1 aliphatic heterocycles. The summed E-state index contributed by atoms with van der Waals surface area (Å²) < 4.78 is 22.8. The molecular formula is C15H24N2O3S2. The first-order valence-corrected chi connectivity index (χ1v) is 10.4. The molecule has 1 aromatic heterocycles. The van der Waals surface area contributed by atoms with Gasteiger partial charge in [-0.25, -0.2) is 8.42 Å². The maximum Gasteiger partial charge on any atom is 0.238 e. The number of carbonyl (C=O) groups excluding carboxylic acids is 1. The monoisotopic (exact) mass is 344 g/mol. The molecule has 0 unspecified atom stereocenters. The first-order chi connectivity index (χ1) is 10.4. The molecule has 1 saturated heterocycles. The number of nitrogens with zero attached hydrogens (tertiary/aromatic N) is 1. The first-order valence-electron chi connectivity index (χ1n) is 7.57. The predicted molar refractivity (Wildman–Crippen MR) is 89.6 cm³/mol. The molecule has 0 bridgehead atoms. The Hall–Kier alpha value is -0.920. The largest absolute Gasteiger partial charge is 0.355 e. The molecular weight excluding hydrogens is 320 g/mol. The van der Waals surface area contributed by atoms with Gasteiger partial charge in [0.2, 0.25) is 5.91 Å². The zero-order valence-corrected chi connectivity index (χ0v) is 14.8. The molecule has 0 radical (unpaired) electrons. The van der Waals surface area contributed by atoms with Crippen molar-refractivity contribution < 1.29 is 13.2 Å². The number of hydrogen-bond acceptors (Lipinski definition) is 5. The van der Waals surface area contributed by atoms with Crippen LogP contribution in [-0.4, -0.2) is 50.4 Å². The molecule has 2 rings (SSSR count). The van der Waals surface area contributed by atoms with Crippen molar-refractivity contribution in [3.63, 3.8) is 0 Å². The Bertz CT molecular complexity index is 584. The van der Waals surface area contributed by atoms with Gasteiger partial charge in [-0.2, -0.15) is 0 Å². The summed E-state index contributed by atoms with van der Waals surface area (Å²) in [7, 11) is -3.32. The molecule has 0 spiro atoms. The van der Waals surface area contributed by atoms with E-state index in [1.165, 1.54) is 11.8 Å². The third-order valence-electron chi connectivity index (χ3n) is 4.14. The van der Waals surface area contributed by atoms with Gasteiger partial charge in [0.15, 0.2) is 9.84 Å². The fourth-order valence-corrected chi connectivity index (χ4v) is 3.89. The molecule has 0 aromatic carbocycles. The molecule has 7 heteroatoms. The highest BCUT2D eigenvalue weighted by atomic mass is 32.2. The zero-order chi connectivity index (χ0) is 16.2. The van der Waals surface area contributed by atoms with E-state index >= 15 is 0 Å². The van der Waals surface area contributed by atoms with Crippen molar-refractivity contribution >= 4 is 27.1 Å². The van der Waals surface area contributed by atoms with Gasteiger partial charge >= 0.3 is 0 Å². The molecule has 0 aliphatic carbocycles. The van der Waals surface area contributed by atoms with Crippen LogP contribution in [0, 0.1) is 5.92 Å². The van der Waals surface area contributed by atoms with Gasteiger partial charge < -0.3 is 5.32 Å². The van der Waals surface area contributed by atoms with Crippen molar-refractivity contribution in [3.05, 3.63) is 22.4 Å². The van der Waals surface area contributed by atoms with Gasteiger partial charge in [0.05, 0.1) is 0 Å². The average Bonchev–Trinajstić information content (AvgIpc) is 2.96. The van der Waals surface area contributed by atoms with E-state index in [-0.39, 0.29) is 0 Å². The molecule has 22 heavy (non-hydrogen) atoms. The van der Waals surface area contributed by atoms with Crippen molar-refractivity contribution in [2.75, 3.05) is 25.9 Å². The minimum Gasteiger partial charge on any atom is -0.355 e. The Morgan fingerprint density at radius 2 is 2.32 bits per heavy atom. The lowest BCUT2D eigenvalue weighted by molar-refractivity contribution is -0.120. The quantitative estimate of drug-likeness (QED) is 0.849. The molecule has 5 nitrogen and oxygen atoms in total. The van der Waals surface area contributed by atoms with Crippen LogP contribution in [0.5, 0.6) is 0 Å². The van der Waals surface area contributed by atoms with Gasteiger partial charge in [-0.3, -0.25) is 9.69 Å². The fourth-order valence-electron chi connectivity index (χ4n) is 2.67. The van der Waals surface area contributed by atoms with Gasteiger partial charge in [0.1, 0.15) is 5.25 Å². The normalized spacial score (nSPS) is 21.5. The second kappa shape index (κ2) is 7.57. The van der Waals surface area contributed by atoms with Crippen LogP contribution in [-0.2, 0) is 21.2 Å². The Balaban J connectivity index is 1.79. The number of piperidine rings is 1. The van der Waals surface area contributed by atoms with Gasteiger partial charge in [-0.1, -0.05) is 6.07 Å². The molecule has 1 N–H and O–H groups in total. The van der Waals surface area contributed by atoms with Crippen molar-refractivity contribution in [3.8, 4) is 0 Å². The maximum absolute atomic E-state index is 11.9. The lowest BCUT2D eigenvalue weighted by atomic mass is 9.98. The van der Waals surface area contributed by atoms with E-state index in [0.717, 1.165) is 38.7 Å². The maximum atomic E-state index is 11.9. The number of rotatable bonds is 6. The van der Waals surface area contributed by atoms with Crippen molar-refractivity contribution in [2.45, 2.75) is 31.6 Å². The van der Waals surface area contributed by atoms with E-state index < -0.39 is 21.0 Å². The Kier molecular flexibility index (Phi) is 6.00. The molecule has 1 amide bonds. The van der Waals surface area contributed by atoms with Crippen LogP contribution < -0.4 is 5.32 Å². The fraction of sp³-hybridized carbons (Fsp3) is 0.667. The minimum absolute atomic E-state index is 0.391. The summed E-state index contributed by atoms with van der Waals surface area (Å²) >= 11 is 1.76. The van der Waals surface area contributed by atoms with Gasteiger partial charge in [-0.15, -0.1) is 11.3 Å². The highest BCUT2D eigenvalue weighted by molar-refractivity contribution is 7.92. The SMILES string of the molecule is C[C@@H](C(=O)NC[C@H]1CCCN(Cc2cccs2)C1)S(C)(=O)=O. The topological polar surface area (TPSA) is 66.5 Å². The van der Waals surface area contributed by atoms with Crippen molar-refractivity contribution in [1.82, 2.24) is 10.2 Å². The molecule has 1 fully saturated rings. The average molecular weight is 345 g/mol. The molecule has 2 heterocycles. The number of thiophene rings is 1. The highest BCUT2D eigenvalue weighted by Gasteiger charge is 2.25. The minimum atomic E-state index is -3.32. The summed E-state index contributed by atoms with van der Waals surface area (Å²) in [4.78, 5) is 15.6. The summed E-state index contributed by atoms with van der Waals surface area (Å²) in [5.41, 5.74) is 0. The number of carbonyl (C=O) groups is 1. The third-order valence-corrected chi connectivity index (χ3v) is 6.50. The smallest absolute Gasteiger partial charge is 0.238 e. The lowest BCUT2D eigenvalue weighted by Crippen LogP contribution is -2.44.